The quantitative estimate of drug-likeness (QED) is 0.751. The average Bonchev–Trinajstić information content (AvgIpc) is 3.17. The number of ether oxygens (including phenoxy) is 1. The normalized spacial score (nSPS) is 22.4. The summed E-state index contributed by atoms with van der Waals surface area (Å²) in [5.74, 6) is -2.87. The highest BCUT2D eigenvalue weighted by atomic mass is 19.1. The summed E-state index contributed by atoms with van der Waals surface area (Å²) in [6.07, 6.45) is 4.08. The van der Waals surface area contributed by atoms with Crippen LogP contribution in [-0.2, 0) is 9.53 Å². The van der Waals surface area contributed by atoms with Crippen molar-refractivity contribution in [1.82, 2.24) is 15.4 Å². The highest BCUT2D eigenvalue weighted by Gasteiger charge is 2.39. The van der Waals surface area contributed by atoms with E-state index < -0.39 is 29.5 Å². The monoisotopic (exact) mass is 419 g/mol. The van der Waals surface area contributed by atoms with Crippen molar-refractivity contribution in [3.05, 3.63) is 41.6 Å². The number of aromatic nitrogens is 1. The van der Waals surface area contributed by atoms with E-state index in [4.69, 9.17) is 9.26 Å². The second-order valence-electron chi connectivity index (χ2n) is 7.78. The molecule has 1 aliphatic carbocycles. The number of rotatable bonds is 5. The molecule has 0 radical (unpaired) electrons. The van der Waals surface area contributed by atoms with Crippen LogP contribution in [0, 0.1) is 17.6 Å². The van der Waals surface area contributed by atoms with Crippen LogP contribution in [0.3, 0.4) is 0 Å². The van der Waals surface area contributed by atoms with Gasteiger partial charge in [0.25, 0.3) is 5.91 Å². The van der Waals surface area contributed by atoms with E-state index in [1.165, 1.54) is 25.7 Å². The van der Waals surface area contributed by atoms with Crippen LogP contribution in [0.4, 0.5) is 8.78 Å². The van der Waals surface area contributed by atoms with Crippen molar-refractivity contribution in [3.8, 4) is 11.3 Å². The van der Waals surface area contributed by atoms with E-state index in [0.29, 0.717) is 19.0 Å². The summed E-state index contributed by atoms with van der Waals surface area (Å²) in [4.78, 5) is 27.3. The van der Waals surface area contributed by atoms with Crippen molar-refractivity contribution in [2.45, 2.75) is 37.8 Å². The Labute approximate surface area is 172 Å². The fourth-order valence-corrected chi connectivity index (χ4v) is 4.06. The number of esters is 1. The zero-order chi connectivity index (χ0) is 21.3. The molecule has 2 atom stereocenters. The maximum atomic E-state index is 13.9. The van der Waals surface area contributed by atoms with Gasteiger partial charge in [0.1, 0.15) is 11.6 Å². The Kier molecular flexibility index (Phi) is 5.80. The van der Waals surface area contributed by atoms with Crippen LogP contribution in [-0.4, -0.2) is 54.2 Å². The van der Waals surface area contributed by atoms with Gasteiger partial charge < -0.3 is 14.6 Å². The first-order chi connectivity index (χ1) is 14.5. The summed E-state index contributed by atoms with van der Waals surface area (Å²) in [6.45, 7) is 1.32. The van der Waals surface area contributed by atoms with Crippen LogP contribution in [0.1, 0.15) is 36.2 Å². The van der Waals surface area contributed by atoms with Crippen molar-refractivity contribution in [1.29, 1.82) is 0 Å². The molecule has 1 aromatic carbocycles. The van der Waals surface area contributed by atoms with E-state index in [0.717, 1.165) is 31.5 Å². The molecule has 0 unspecified atom stereocenters. The molecule has 0 bridgehead atoms. The molecule has 30 heavy (non-hydrogen) atoms. The van der Waals surface area contributed by atoms with Crippen molar-refractivity contribution < 1.29 is 27.6 Å². The molecular formula is C21H23F2N3O4. The van der Waals surface area contributed by atoms with Gasteiger partial charge in [-0.15, -0.1) is 0 Å². The van der Waals surface area contributed by atoms with Gasteiger partial charge in [0.05, 0.1) is 18.6 Å². The van der Waals surface area contributed by atoms with Crippen molar-refractivity contribution in [2.24, 2.45) is 5.92 Å². The smallest absolute Gasteiger partial charge is 0.312 e. The third-order valence-corrected chi connectivity index (χ3v) is 6.00. The van der Waals surface area contributed by atoms with Crippen LogP contribution in [0.5, 0.6) is 0 Å². The first kappa shape index (κ1) is 20.5. The topological polar surface area (TPSA) is 84.7 Å². The van der Waals surface area contributed by atoms with Gasteiger partial charge in [0, 0.05) is 37.3 Å². The predicted octanol–water partition coefficient (Wildman–Crippen LogP) is 2.77. The molecule has 4 rings (SSSR count). The summed E-state index contributed by atoms with van der Waals surface area (Å²) in [5.41, 5.74) is -0.0389. The van der Waals surface area contributed by atoms with Gasteiger partial charge in [-0.25, -0.2) is 8.78 Å². The van der Waals surface area contributed by atoms with Crippen molar-refractivity contribution in [3.63, 3.8) is 0 Å². The van der Waals surface area contributed by atoms with Gasteiger partial charge >= 0.3 is 5.97 Å². The number of piperidine rings is 1. The number of hydrogen-bond acceptors (Lipinski definition) is 6. The van der Waals surface area contributed by atoms with E-state index >= 15 is 0 Å². The SMILES string of the molecule is COC(=O)[C@@H]1CN(C2CCC2)CC[C@H]1NC(=O)c1cc(-c2ccc(F)cc2F)on1. The Hall–Kier alpha value is -2.81. The number of amides is 1. The molecule has 1 saturated heterocycles. The molecular weight excluding hydrogens is 396 g/mol. The van der Waals surface area contributed by atoms with Gasteiger partial charge in [-0.05, 0) is 31.4 Å². The second-order valence-corrected chi connectivity index (χ2v) is 7.78. The highest BCUT2D eigenvalue weighted by Crippen LogP contribution is 2.30. The molecule has 1 aliphatic heterocycles. The predicted molar refractivity (Wildman–Crippen MR) is 102 cm³/mol. The lowest BCUT2D eigenvalue weighted by Crippen LogP contribution is -2.57. The molecule has 1 N–H and O–H groups in total. The Morgan fingerprint density at radius 2 is 2.03 bits per heavy atom. The van der Waals surface area contributed by atoms with Gasteiger partial charge in [-0.1, -0.05) is 11.6 Å². The molecule has 1 amide bonds. The molecule has 2 aliphatic rings. The number of carbonyl (C=O) groups excluding carboxylic acids is 2. The number of hydrogen-bond donors (Lipinski definition) is 1. The van der Waals surface area contributed by atoms with E-state index in [9.17, 15) is 18.4 Å². The summed E-state index contributed by atoms with van der Waals surface area (Å²) >= 11 is 0. The molecule has 7 nitrogen and oxygen atoms in total. The molecule has 1 saturated carbocycles. The first-order valence-electron chi connectivity index (χ1n) is 10.0. The zero-order valence-electron chi connectivity index (χ0n) is 16.6. The third-order valence-electron chi connectivity index (χ3n) is 6.00. The fourth-order valence-electron chi connectivity index (χ4n) is 4.06. The third kappa shape index (κ3) is 4.07. The van der Waals surface area contributed by atoms with E-state index in [1.807, 2.05) is 0 Å². The van der Waals surface area contributed by atoms with Gasteiger partial charge in [-0.3, -0.25) is 14.5 Å². The van der Waals surface area contributed by atoms with Crippen LogP contribution < -0.4 is 5.32 Å². The first-order valence-corrected chi connectivity index (χ1v) is 10.0. The minimum Gasteiger partial charge on any atom is -0.469 e. The van der Waals surface area contributed by atoms with Crippen LogP contribution >= 0.6 is 0 Å². The van der Waals surface area contributed by atoms with Gasteiger partial charge in [-0.2, -0.15) is 0 Å². The van der Waals surface area contributed by atoms with E-state index in [-0.39, 0.29) is 23.0 Å². The molecule has 160 valence electrons. The summed E-state index contributed by atoms with van der Waals surface area (Å²) in [6, 6.07) is 4.44. The Morgan fingerprint density at radius 3 is 2.70 bits per heavy atom. The Morgan fingerprint density at radius 1 is 1.23 bits per heavy atom. The molecule has 9 heteroatoms. The van der Waals surface area contributed by atoms with E-state index in [1.54, 1.807) is 0 Å². The Balaban J connectivity index is 1.46. The summed E-state index contributed by atoms with van der Waals surface area (Å²) < 4.78 is 37.1. The number of benzene rings is 1. The lowest BCUT2D eigenvalue weighted by molar-refractivity contribution is -0.149. The summed E-state index contributed by atoms with van der Waals surface area (Å²) in [7, 11) is 1.34. The van der Waals surface area contributed by atoms with Gasteiger partial charge in [0.15, 0.2) is 11.5 Å². The van der Waals surface area contributed by atoms with Crippen LogP contribution in [0.2, 0.25) is 0 Å². The number of nitrogens with zero attached hydrogens (tertiary/aromatic N) is 2. The number of carbonyl (C=O) groups is 2. The number of methoxy groups -OCH3 is 1. The minimum absolute atomic E-state index is 0.00388. The lowest BCUT2D eigenvalue weighted by Gasteiger charge is -2.44. The summed E-state index contributed by atoms with van der Waals surface area (Å²) in [5, 5.41) is 6.54. The van der Waals surface area contributed by atoms with E-state index in [2.05, 4.69) is 15.4 Å². The number of nitrogens with one attached hydrogen (secondary N) is 1. The maximum absolute atomic E-state index is 13.9. The van der Waals surface area contributed by atoms with Gasteiger partial charge in [0.2, 0.25) is 0 Å². The standard InChI is InChI=1S/C21H23F2N3O4/c1-29-21(28)15-11-26(13-3-2-4-13)8-7-17(15)24-20(27)18-10-19(30-25-18)14-6-5-12(22)9-16(14)23/h5-6,9-10,13,15,17H,2-4,7-8,11H2,1H3,(H,24,27)/t15-,17-/m1/s1. The largest absolute Gasteiger partial charge is 0.469 e. The van der Waals surface area contributed by atoms with Crippen molar-refractivity contribution >= 4 is 11.9 Å². The molecule has 2 heterocycles. The van der Waals surface area contributed by atoms with Crippen LogP contribution in [0.25, 0.3) is 11.3 Å². The number of halogens is 2. The zero-order valence-corrected chi connectivity index (χ0v) is 16.6. The Bertz CT molecular complexity index is 944. The lowest BCUT2D eigenvalue weighted by atomic mass is 9.85. The molecule has 1 aromatic heterocycles. The molecule has 0 spiro atoms. The minimum atomic E-state index is -0.813. The van der Waals surface area contributed by atoms with Crippen LogP contribution in [0.15, 0.2) is 28.8 Å². The fraction of sp³-hybridized carbons (Fsp3) is 0.476. The molecule has 2 aromatic rings. The maximum Gasteiger partial charge on any atom is 0.312 e. The average molecular weight is 419 g/mol. The molecule has 2 fully saturated rings. The second kappa shape index (κ2) is 8.51. The highest BCUT2D eigenvalue weighted by molar-refractivity contribution is 5.93. The number of likely N-dealkylation sites (tertiary alicyclic amines) is 1. The van der Waals surface area contributed by atoms with Crippen molar-refractivity contribution in [2.75, 3.05) is 20.2 Å².